The van der Waals surface area contributed by atoms with E-state index in [2.05, 4.69) is 10.6 Å². The molecule has 0 fully saturated rings. The molecule has 0 radical (unpaired) electrons. The van der Waals surface area contributed by atoms with Gasteiger partial charge in [0.1, 0.15) is 0 Å². The van der Waals surface area contributed by atoms with E-state index in [0.29, 0.717) is 31.0 Å². The van der Waals surface area contributed by atoms with Crippen LogP contribution in [0, 0.1) is 6.92 Å². The van der Waals surface area contributed by atoms with Crippen LogP contribution in [0.1, 0.15) is 23.6 Å². The summed E-state index contributed by atoms with van der Waals surface area (Å²) in [5.74, 6) is -0.0193. The van der Waals surface area contributed by atoms with Gasteiger partial charge < -0.3 is 20.3 Å². The van der Waals surface area contributed by atoms with Gasteiger partial charge in [0.2, 0.25) is 0 Å². The van der Waals surface area contributed by atoms with Crippen LogP contribution in [-0.2, 0) is 9.53 Å². The highest BCUT2D eigenvalue weighted by Crippen LogP contribution is 2.32. The van der Waals surface area contributed by atoms with Gasteiger partial charge in [0, 0.05) is 20.3 Å². The molecule has 1 aromatic carbocycles. The summed E-state index contributed by atoms with van der Waals surface area (Å²) in [6, 6.07) is 7.23. The SMILES string of the molecule is COCCCN1CC2=C(C1=O)[C@H](c1ccc(C)cc1)NC(=O)N2. The minimum atomic E-state index is -0.390. The number of nitrogens with one attached hydrogen (secondary N) is 2. The molecule has 2 aliphatic rings. The van der Waals surface area contributed by atoms with Crippen molar-refractivity contribution in [3.8, 4) is 0 Å². The number of aryl methyl sites for hydroxylation is 1. The first-order valence-corrected chi connectivity index (χ1v) is 7.75. The molecule has 1 aromatic rings. The number of ether oxygens (including phenoxy) is 1. The van der Waals surface area contributed by atoms with Crippen LogP contribution in [0.25, 0.3) is 0 Å². The largest absolute Gasteiger partial charge is 0.385 e. The average molecular weight is 315 g/mol. The van der Waals surface area contributed by atoms with Crippen LogP contribution < -0.4 is 10.6 Å². The van der Waals surface area contributed by atoms with E-state index in [1.165, 1.54) is 0 Å². The summed E-state index contributed by atoms with van der Waals surface area (Å²) in [5, 5.41) is 5.64. The van der Waals surface area contributed by atoms with Crippen molar-refractivity contribution in [2.45, 2.75) is 19.4 Å². The number of rotatable bonds is 5. The Labute approximate surface area is 135 Å². The van der Waals surface area contributed by atoms with Crippen molar-refractivity contribution in [2.75, 3.05) is 26.8 Å². The molecule has 0 saturated carbocycles. The summed E-state index contributed by atoms with van der Waals surface area (Å²) >= 11 is 0. The molecule has 3 amide bonds. The van der Waals surface area contributed by atoms with Gasteiger partial charge in [-0.1, -0.05) is 29.8 Å². The highest BCUT2D eigenvalue weighted by Gasteiger charge is 2.39. The van der Waals surface area contributed by atoms with Crippen molar-refractivity contribution < 1.29 is 14.3 Å². The van der Waals surface area contributed by atoms with Gasteiger partial charge in [-0.3, -0.25) is 4.79 Å². The van der Waals surface area contributed by atoms with Gasteiger partial charge >= 0.3 is 6.03 Å². The lowest BCUT2D eigenvalue weighted by Crippen LogP contribution is -2.44. The molecule has 0 saturated heterocycles. The third kappa shape index (κ3) is 3.07. The number of methoxy groups -OCH3 is 1. The molecular weight excluding hydrogens is 294 g/mol. The first kappa shape index (κ1) is 15.6. The highest BCUT2D eigenvalue weighted by atomic mass is 16.5. The van der Waals surface area contributed by atoms with Crippen molar-refractivity contribution in [3.63, 3.8) is 0 Å². The molecule has 0 unspecified atom stereocenters. The predicted octanol–water partition coefficient (Wildman–Crippen LogP) is 1.48. The number of carbonyl (C=O) groups is 2. The molecule has 0 aromatic heterocycles. The molecule has 0 spiro atoms. The molecule has 122 valence electrons. The molecule has 23 heavy (non-hydrogen) atoms. The number of urea groups is 1. The second-order valence-corrected chi connectivity index (χ2v) is 5.91. The zero-order valence-corrected chi connectivity index (χ0v) is 13.4. The lowest BCUT2D eigenvalue weighted by atomic mass is 9.95. The fourth-order valence-electron chi connectivity index (χ4n) is 3.02. The third-order valence-electron chi connectivity index (χ3n) is 4.21. The van der Waals surface area contributed by atoms with Crippen LogP contribution in [0.3, 0.4) is 0 Å². The Bertz CT molecular complexity index is 652. The van der Waals surface area contributed by atoms with Crippen molar-refractivity contribution in [3.05, 3.63) is 46.7 Å². The van der Waals surface area contributed by atoms with Crippen molar-refractivity contribution in [1.82, 2.24) is 15.5 Å². The summed E-state index contributed by atoms with van der Waals surface area (Å²) in [4.78, 5) is 26.4. The number of carbonyl (C=O) groups excluding carboxylic acids is 2. The van der Waals surface area contributed by atoms with E-state index in [1.54, 1.807) is 12.0 Å². The fourth-order valence-corrected chi connectivity index (χ4v) is 3.02. The third-order valence-corrected chi connectivity index (χ3v) is 4.21. The first-order valence-electron chi connectivity index (χ1n) is 7.75. The monoisotopic (exact) mass is 315 g/mol. The zero-order valence-electron chi connectivity index (χ0n) is 13.4. The van der Waals surface area contributed by atoms with Gasteiger partial charge in [-0.2, -0.15) is 0 Å². The minimum Gasteiger partial charge on any atom is -0.385 e. The normalized spacial score (nSPS) is 20.4. The number of amides is 3. The van der Waals surface area contributed by atoms with E-state index in [4.69, 9.17) is 4.74 Å². The Morgan fingerprint density at radius 2 is 2.00 bits per heavy atom. The smallest absolute Gasteiger partial charge is 0.319 e. The molecule has 1 atom stereocenters. The van der Waals surface area contributed by atoms with Crippen LogP contribution in [0.2, 0.25) is 0 Å². The van der Waals surface area contributed by atoms with Crippen LogP contribution in [0.4, 0.5) is 4.79 Å². The molecule has 2 heterocycles. The summed E-state index contributed by atoms with van der Waals surface area (Å²) in [6.45, 7) is 3.69. The second-order valence-electron chi connectivity index (χ2n) is 5.91. The topological polar surface area (TPSA) is 70.7 Å². The van der Waals surface area contributed by atoms with E-state index < -0.39 is 0 Å². The molecular formula is C17H21N3O3. The zero-order chi connectivity index (χ0) is 16.4. The van der Waals surface area contributed by atoms with Crippen LogP contribution >= 0.6 is 0 Å². The van der Waals surface area contributed by atoms with Crippen molar-refractivity contribution >= 4 is 11.9 Å². The summed E-state index contributed by atoms with van der Waals surface area (Å²) in [6.07, 6.45) is 0.777. The van der Waals surface area contributed by atoms with E-state index in [9.17, 15) is 9.59 Å². The predicted molar refractivity (Wildman–Crippen MR) is 85.7 cm³/mol. The van der Waals surface area contributed by atoms with Crippen LogP contribution in [-0.4, -0.2) is 43.6 Å². The van der Waals surface area contributed by atoms with E-state index in [0.717, 1.165) is 17.5 Å². The Hall–Kier alpha value is -2.34. The Kier molecular flexibility index (Phi) is 4.34. The number of benzene rings is 1. The van der Waals surface area contributed by atoms with Gasteiger partial charge in [0.25, 0.3) is 5.91 Å². The second kappa shape index (κ2) is 6.42. The average Bonchev–Trinajstić information content (AvgIpc) is 2.84. The highest BCUT2D eigenvalue weighted by molar-refractivity contribution is 6.01. The number of hydrogen-bond acceptors (Lipinski definition) is 3. The molecule has 6 nitrogen and oxygen atoms in total. The number of hydrogen-bond donors (Lipinski definition) is 2. The van der Waals surface area contributed by atoms with Gasteiger partial charge in [0.15, 0.2) is 0 Å². The molecule has 3 rings (SSSR count). The van der Waals surface area contributed by atoms with Gasteiger partial charge in [0.05, 0.1) is 23.9 Å². The van der Waals surface area contributed by atoms with Gasteiger partial charge in [-0.05, 0) is 18.9 Å². The molecule has 2 N–H and O–H groups in total. The first-order chi connectivity index (χ1) is 11.1. The molecule has 2 aliphatic heterocycles. The quantitative estimate of drug-likeness (QED) is 0.809. The summed E-state index contributed by atoms with van der Waals surface area (Å²) < 4.78 is 5.04. The van der Waals surface area contributed by atoms with E-state index >= 15 is 0 Å². The Balaban J connectivity index is 1.84. The fraction of sp³-hybridized carbons (Fsp3) is 0.412. The molecule has 6 heteroatoms. The van der Waals surface area contributed by atoms with Crippen molar-refractivity contribution in [2.24, 2.45) is 0 Å². The van der Waals surface area contributed by atoms with E-state index in [1.807, 2.05) is 31.2 Å². The maximum Gasteiger partial charge on any atom is 0.319 e. The van der Waals surface area contributed by atoms with Crippen LogP contribution in [0.15, 0.2) is 35.5 Å². The lowest BCUT2D eigenvalue weighted by Gasteiger charge is -2.25. The maximum absolute atomic E-state index is 12.7. The maximum atomic E-state index is 12.7. The van der Waals surface area contributed by atoms with Crippen molar-refractivity contribution in [1.29, 1.82) is 0 Å². The molecule has 0 aliphatic carbocycles. The van der Waals surface area contributed by atoms with Crippen LogP contribution in [0.5, 0.6) is 0 Å². The number of nitrogens with zero attached hydrogens (tertiary/aromatic N) is 1. The Morgan fingerprint density at radius 3 is 2.70 bits per heavy atom. The van der Waals surface area contributed by atoms with Gasteiger partial charge in [-0.25, -0.2) is 4.79 Å². The summed E-state index contributed by atoms with van der Waals surface area (Å²) in [5.41, 5.74) is 3.42. The summed E-state index contributed by atoms with van der Waals surface area (Å²) in [7, 11) is 1.65. The standard InChI is InChI=1S/C17H21N3O3/c1-11-4-6-12(7-5-11)15-14-13(18-17(22)19-15)10-20(16(14)21)8-3-9-23-2/h4-7,15H,3,8-10H2,1-2H3,(H2,18,19,22)/t15-/m0/s1. The molecule has 0 bridgehead atoms. The minimum absolute atomic E-state index is 0.0193. The lowest BCUT2D eigenvalue weighted by molar-refractivity contribution is -0.125. The van der Waals surface area contributed by atoms with E-state index in [-0.39, 0.29) is 18.0 Å². The Morgan fingerprint density at radius 1 is 1.26 bits per heavy atom. The van der Waals surface area contributed by atoms with Gasteiger partial charge in [-0.15, -0.1) is 0 Å².